The maximum Gasteiger partial charge on any atom is 0.145 e. The minimum atomic E-state index is 0.861. The summed E-state index contributed by atoms with van der Waals surface area (Å²) >= 11 is 1.85. The summed E-state index contributed by atoms with van der Waals surface area (Å²) in [6.45, 7) is 0. The normalized spacial score (nSPS) is 11.7. The van der Waals surface area contributed by atoms with Gasteiger partial charge in [0.2, 0.25) is 0 Å². The lowest BCUT2D eigenvalue weighted by Crippen LogP contribution is -2.10. The molecule has 0 spiro atoms. The van der Waals surface area contributed by atoms with Crippen LogP contribution in [-0.2, 0) is 0 Å². The average Bonchev–Trinajstić information content (AvgIpc) is 3.97. The van der Waals surface area contributed by atoms with Crippen molar-refractivity contribution in [3.8, 4) is 44.5 Å². The predicted molar refractivity (Wildman–Crippen MR) is 278 cm³/mol. The first-order valence-electron chi connectivity index (χ1n) is 22.2. The fourth-order valence-electron chi connectivity index (χ4n) is 10.0. The summed E-state index contributed by atoms with van der Waals surface area (Å²) in [5.41, 5.74) is 14.3. The van der Waals surface area contributed by atoms with Crippen molar-refractivity contribution in [1.82, 2.24) is 0 Å². The van der Waals surface area contributed by atoms with Crippen LogP contribution in [0.4, 0.5) is 17.1 Å². The molecule has 0 fully saturated rings. The largest absolute Gasteiger partial charge is 0.455 e. The van der Waals surface area contributed by atoms with E-state index in [1.165, 1.54) is 64.3 Å². The van der Waals surface area contributed by atoms with Gasteiger partial charge in [0, 0.05) is 37.5 Å². The first-order chi connectivity index (χ1) is 32.2. The van der Waals surface area contributed by atoms with Crippen molar-refractivity contribution in [1.29, 1.82) is 0 Å². The zero-order valence-electron chi connectivity index (χ0n) is 35.3. The van der Waals surface area contributed by atoms with E-state index in [0.29, 0.717) is 0 Å². The number of fused-ring (bicyclic) bond motifs is 9. The van der Waals surface area contributed by atoms with Crippen LogP contribution >= 0.6 is 11.3 Å². The van der Waals surface area contributed by atoms with E-state index in [-0.39, 0.29) is 0 Å². The Morgan fingerprint density at radius 2 is 0.892 bits per heavy atom. The molecule has 2 heterocycles. The van der Waals surface area contributed by atoms with E-state index in [4.69, 9.17) is 4.42 Å². The molecule has 0 amide bonds. The first kappa shape index (κ1) is 37.3. The number of benzene rings is 11. The van der Waals surface area contributed by atoms with Crippen molar-refractivity contribution in [2.75, 3.05) is 4.90 Å². The third-order valence-electron chi connectivity index (χ3n) is 13.1. The van der Waals surface area contributed by atoms with Crippen molar-refractivity contribution in [3.05, 3.63) is 237 Å². The Morgan fingerprint density at radius 3 is 1.65 bits per heavy atom. The molecule has 0 saturated heterocycles. The molecule has 65 heavy (non-hydrogen) atoms. The van der Waals surface area contributed by atoms with Crippen LogP contribution in [0.5, 0.6) is 0 Å². The summed E-state index contributed by atoms with van der Waals surface area (Å²) in [6.07, 6.45) is 0. The van der Waals surface area contributed by atoms with Gasteiger partial charge in [-0.25, -0.2) is 0 Å². The summed E-state index contributed by atoms with van der Waals surface area (Å²) in [7, 11) is 0. The van der Waals surface area contributed by atoms with E-state index >= 15 is 0 Å². The quantitative estimate of drug-likeness (QED) is 0.159. The van der Waals surface area contributed by atoms with Gasteiger partial charge in [0.15, 0.2) is 0 Å². The van der Waals surface area contributed by atoms with Crippen LogP contribution in [0.3, 0.4) is 0 Å². The highest BCUT2D eigenvalue weighted by Gasteiger charge is 2.26. The van der Waals surface area contributed by atoms with Crippen molar-refractivity contribution in [3.63, 3.8) is 0 Å². The van der Waals surface area contributed by atoms with Gasteiger partial charge in [0.05, 0.1) is 21.5 Å². The van der Waals surface area contributed by atoms with E-state index in [9.17, 15) is 0 Å². The van der Waals surface area contributed by atoms with Gasteiger partial charge < -0.3 is 9.32 Å². The van der Waals surface area contributed by atoms with Gasteiger partial charge in [0.1, 0.15) is 11.2 Å². The standard InChI is InChI=1S/C62H39NOS/c1-3-15-40(16-4-1)42-29-31-45(32-30-42)48-37-38-56(59-55-39-54(49-25-13-20-44-19-7-8-21-47(44)49)50-22-9-10-24-52(50)60(55)64-61(48)59)63(46-35-33-43(34-36-46)41-17-5-2-6-18-41)57-27-14-26-53-51-23-11-12-28-58(51)65-62(53)57/h1-39H. The summed E-state index contributed by atoms with van der Waals surface area (Å²) in [5.74, 6) is 0. The topological polar surface area (TPSA) is 16.4 Å². The molecule has 0 radical (unpaired) electrons. The SMILES string of the molecule is c1ccc(-c2ccc(-c3ccc(N(c4ccc(-c5ccccc5)cc4)c4cccc5c4sc4ccccc45)c4c3oc3c5ccccc5c(-c5cccc6ccccc56)cc34)cc2)cc1. The second-order valence-corrected chi connectivity index (χ2v) is 17.8. The number of hydrogen-bond acceptors (Lipinski definition) is 3. The van der Waals surface area contributed by atoms with Crippen LogP contribution in [0.1, 0.15) is 0 Å². The molecule has 13 aromatic rings. The number of hydrogen-bond donors (Lipinski definition) is 0. The zero-order valence-corrected chi connectivity index (χ0v) is 36.1. The molecule has 0 saturated carbocycles. The highest BCUT2D eigenvalue weighted by Crippen LogP contribution is 2.51. The number of nitrogens with zero attached hydrogens (tertiary/aromatic N) is 1. The molecule has 13 rings (SSSR count). The second kappa shape index (κ2) is 15.2. The molecular weight excluding hydrogens is 807 g/mol. The van der Waals surface area contributed by atoms with Gasteiger partial charge in [-0.3, -0.25) is 0 Å². The fraction of sp³-hybridized carbons (Fsp3) is 0. The molecule has 0 unspecified atom stereocenters. The Morgan fingerprint density at radius 1 is 0.323 bits per heavy atom. The minimum Gasteiger partial charge on any atom is -0.455 e. The van der Waals surface area contributed by atoms with Gasteiger partial charge in [0.25, 0.3) is 0 Å². The molecule has 0 N–H and O–H groups in total. The average molecular weight is 846 g/mol. The van der Waals surface area contributed by atoms with Gasteiger partial charge in [-0.1, -0.05) is 194 Å². The molecule has 11 aromatic carbocycles. The predicted octanol–water partition coefficient (Wildman–Crippen LogP) is 18.4. The number of rotatable bonds is 7. The molecule has 0 bridgehead atoms. The Bertz CT molecular complexity index is 3920. The third-order valence-corrected chi connectivity index (χ3v) is 14.3. The van der Waals surface area contributed by atoms with Crippen molar-refractivity contribution in [2.45, 2.75) is 0 Å². The van der Waals surface area contributed by atoms with E-state index in [2.05, 4.69) is 241 Å². The molecular formula is C62H39NOS. The van der Waals surface area contributed by atoms with E-state index in [0.717, 1.165) is 60.9 Å². The van der Waals surface area contributed by atoms with Crippen LogP contribution in [0, 0.1) is 0 Å². The monoisotopic (exact) mass is 845 g/mol. The van der Waals surface area contributed by atoms with E-state index in [1.54, 1.807) is 0 Å². The van der Waals surface area contributed by atoms with Gasteiger partial charge in [-0.2, -0.15) is 0 Å². The smallest absolute Gasteiger partial charge is 0.145 e. The molecule has 3 heteroatoms. The van der Waals surface area contributed by atoms with Crippen LogP contribution in [0.15, 0.2) is 241 Å². The van der Waals surface area contributed by atoms with Crippen LogP contribution in [-0.4, -0.2) is 0 Å². The number of anilines is 3. The number of furan rings is 1. The second-order valence-electron chi connectivity index (χ2n) is 16.8. The van der Waals surface area contributed by atoms with Gasteiger partial charge >= 0.3 is 0 Å². The maximum atomic E-state index is 7.40. The van der Waals surface area contributed by atoms with Crippen LogP contribution in [0.25, 0.3) is 108 Å². The Kier molecular flexibility index (Phi) is 8.75. The first-order valence-corrected chi connectivity index (χ1v) is 23.0. The molecule has 0 atom stereocenters. The molecule has 304 valence electrons. The highest BCUT2D eigenvalue weighted by atomic mass is 32.1. The lowest BCUT2D eigenvalue weighted by molar-refractivity contribution is 0.674. The lowest BCUT2D eigenvalue weighted by Gasteiger charge is -2.27. The molecule has 2 nitrogen and oxygen atoms in total. The Hall–Kier alpha value is -8.24. The van der Waals surface area contributed by atoms with Gasteiger partial charge in [-0.15, -0.1) is 11.3 Å². The highest BCUT2D eigenvalue weighted by molar-refractivity contribution is 7.26. The van der Waals surface area contributed by atoms with E-state index < -0.39 is 0 Å². The van der Waals surface area contributed by atoms with E-state index in [1.807, 2.05) is 11.3 Å². The van der Waals surface area contributed by atoms with Crippen LogP contribution < -0.4 is 4.90 Å². The fourth-order valence-corrected chi connectivity index (χ4v) is 11.2. The zero-order chi connectivity index (χ0) is 42.8. The van der Waals surface area contributed by atoms with Crippen LogP contribution in [0.2, 0.25) is 0 Å². The third kappa shape index (κ3) is 6.16. The Balaban J connectivity index is 1.13. The number of thiophene rings is 1. The summed E-state index contributed by atoms with van der Waals surface area (Å²) in [6, 6.07) is 85.8. The van der Waals surface area contributed by atoms with Gasteiger partial charge in [-0.05, 0) is 97.6 Å². The lowest BCUT2D eigenvalue weighted by atomic mass is 9.91. The molecule has 0 aliphatic heterocycles. The molecule has 0 aliphatic rings. The maximum absolute atomic E-state index is 7.40. The summed E-state index contributed by atoms with van der Waals surface area (Å²) < 4.78 is 9.91. The summed E-state index contributed by atoms with van der Waals surface area (Å²) in [5, 5.41) is 9.36. The Labute approximate surface area is 380 Å². The molecule has 0 aliphatic carbocycles. The molecule has 2 aromatic heterocycles. The summed E-state index contributed by atoms with van der Waals surface area (Å²) in [4.78, 5) is 2.47. The van der Waals surface area contributed by atoms with Crippen molar-refractivity contribution < 1.29 is 4.42 Å². The minimum absolute atomic E-state index is 0.861. The van der Waals surface area contributed by atoms with Crippen molar-refractivity contribution >= 4 is 92.1 Å². The van der Waals surface area contributed by atoms with Crippen molar-refractivity contribution in [2.24, 2.45) is 0 Å².